The number of hydrogen-bond donors (Lipinski definition) is 0. The number of nitrogens with zero attached hydrogens (tertiary/aromatic N) is 2. The molecule has 154 valence electrons. The lowest BCUT2D eigenvalue weighted by Gasteiger charge is -2.49. The van der Waals surface area contributed by atoms with Gasteiger partial charge in [-0.15, -0.1) is 0 Å². The number of hydrogen-bond acceptors (Lipinski definition) is 4. The van der Waals surface area contributed by atoms with Gasteiger partial charge in [-0.1, -0.05) is 71.1 Å². The zero-order chi connectivity index (χ0) is 21.7. The minimum Gasteiger partial charge on any atom is -0.443 e. The zero-order valence-electron chi connectivity index (χ0n) is 16.9. The lowest BCUT2D eigenvalue weighted by molar-refractivity contribution is -0.157. The van der Waals surface area contributed by atoms with Crippen LogP contribution >= 0.6 is 22.6 Å². The first-order valence-corrected chi connectivity index (χ1v) is 10.8. The Balaban J connectivity index is 1.83. The summed E-state index contributed by atoms with van der Waals surface area (Å²) in [6, 6.07) is 16.5. The Morgan fingerprint density at radius 1 is 1.07 bits per heavy atom. The highest BCUT2D eigenvalue weighted by molar-refractivity contribution is 14.1. The molecule has 4 rings (SSSR count). The molecule has 7 heteroatoms. The molecule has 1 fully saturated rings. The number of rotatable bonds is 2. The van der Waals surface area contributed by atoms with E-state index in [0.29, 0.717) is 16.9 Å². The quantitative estimate of drug-likeness (QED) is 0.424. The number of likely N-dealkylation sites (tertiary alicyclic amines) is 1. The van der Waals surface area contributed by atoms with Gasteiger partial charge in [0.25, 0.3) is 5.91 Å². The van der Waals surface area contributed by atoms with Crippen LogP contribution in [0.1, 0.15) is 38.3 Å². The molecule has 0 saturated carbocycles. The molecule has 2 aliphatic heterocycles. The molecule has 0 aromatic heterocycles. The highest BCUT2D eigenvalue weighted by Crippen LogP contribution is 2.55. The van der Waals surface area contributed by atoms with Gasteiger partial charge >= 0.3 is 6.09 Å². The van der Waals surface area contributed by atoms with E-state index >= 15 is 0 Å². The summed E-state index contributed by atoms with van der Waals surface area (Å²) in [6.45, 7) is 5.25. The number of carbonyl (C=O) groups is 3. The van der Waals surface area contributed by atoms with Crippen LogP contribution in [0.15, 0.2) is 58.7 Å². The van der Waals surface area contributed by atoms with E-state index in [0.717, 1.165) is 10.5 Å². The van der Waals surface area contributed by atoms with Crippen molar-refractivity contribution < 1.29 is 19.1 Å². The maximum absolute atomic E-state index is 13.7. The molecule has 3 amide bonds. The second kappa shape index (κ2) is 7.23. The molecule has 30 heavy (non-hydrogen) atoms. The van der Waals surface area contributed by atoms with Gasteiger partial charge in [0.05, 0.1) is 17.8 Å². The first-order chi connectivity index (χ1) is 14.2. The molecular formula is C23H21IN2O4. The Morgan fingerprint density at radius 3 is 2.30 bits per heavy atom. The molecule has 1 unspecified atom stereocenters. The summed E-state index contributed by atoms with van der Waals surface area (Å²) in [5.74, 6) is -0.639. The van der Waals surface area contributed by atoms with Gasteiger partial charge in [-0.3, -0.25) is 14.5 Å². The second-order valence-corrected chi connectivity index (χ2v) is 8.89. The molecule has 2 aliphatic rings. The van der Waals surface area contributed by atoms with E-state index in [9.17, 15) is 14.4 Å². The van der Waals surface area contributed by atoms with Crippen LogP contribution in [0, 0.1) is 0 Å². The maximum atomic E-state index is 13.7. The van der Waals surface area contributed by atoms with Gasteiger partial charge in [-0.25, -0.2) is 9.69 Å². The van der Waals surface area contributed by atoms with Crippen molar-refractivity contribution in [2.75, 3.05) is 4.90 Å². The van der Waals surface area contributed by atoms with Crippen molar-refractivity contribution >= 4 is 51.9 Å². The molecule has 0 bridgehead atoms. The summed E-state index contributed by atoms with van der Waals surface area (Å²) < 4.78 is 7.28. The van der Waals surface area contributed by atoms with E-state index in [1.807, 2.05) is 36.4 Å². The lowest BCUT2D eigenvalue weighted by Crippen LogP contribution is -2.65. The molecule has 0 N–H and O–H groups in total. The number of anilines is 1. The largest absolute Gasteiger partial charge is 0.443 e. The Morgan fingerprint density at radius 2 is 1.70 bits per heavy atom. The SMILES string of the molecule is CC(C)(C)OC(=O)N1C(=O)C2(CC(=O)N2/C(=C/I)c2ccccc2)c2ccccc21. The number of para-hydroxylation sites is 1. The highest BCUT2D eigenvalue weighted by atomic mass is 127. The fraction of sp³-hybridized carbons (Fsp3) is 0.261. The van der Waals surface area contributed by atoms with Crippen LogP contribution in [0.2, 0.25) is 0 Å². The summed E-state index contributed by atoms with van der Waals surface area (Å²) in [4.78, 5) is 42.0. The summed E-state index contributed by atoms with van der Waals surface area (Å²) in [5, 5.41) is 0. The zero-order valence-corrected chi connectivity index (χ0v) is 19.0. The number of halogens is 1. The molecule has 1 spiro atoms. The van der Waals surface area contributed by atoms with E-state index in [2.05, 4.69) is 22.6 Å². The van der Waals surface area contributed by atoms with Gasteiger partial charge in [0.15, 0.2) is 5.54 Å². The van der Waals surface area contributed by atoms with Crippen molar-refractivity contribution in [1.82, 2.24) is 4.90 Å². The predicted octanol–water partition coefficient (Wildman–Crippen LogP) is 4.83. The number of carbonyl (C=O) groups excluding carboxylic acids is 3. The molecule has 0 radical (unpaired) electrons. The molecule has 1 saturated heterocycles. The van der Waals surface area contributed by atoms with E-state index in [1.54, 1.807) is 43.1 Å². The van der Waals surface area contributed by atoms with Crippen molar-refractivity contribution in [2.24, 2.45) is 0 Å². The Bertz CT molecular complexity index is 1070. The summed E-state index contributed by atoms with van der Waals surface area (Å²) in [5.41, 5.74) is 0.524. The number of amides is 3. The number of fused-ring (bicyclic) bond motifs is 2. The molecule has 2 aromatic carbocycles. The molecule has 1 atom stereocenters. The van der Waals surface area contributed by atoms with Crippen molar-refractivity contribution in [3.63, 3.8) is 0 Å². The summed E-state index contributed by atoms with van der Waals surface area (Å²) in [7, 11) is 0. The number of ether oxygens (including phenoxy) is 1. The van der Waals surface area contributed by atoms with Crippen molar-refractivity contribution in [2.45, 2.75) is 38.3 Å². The lowest BCUT2D eigenvalue weighted by atomic mass is 9.77. The molecule has 2 heterocycles. The maximum Gasteiger partial charge on any atom is 0.421 e. The Labute approximate surface area is 188 Å². The van der Waals surface area contributed by atoms with Crippen molar-refractivity contribution in [1.29, 1.82) is 0 Å². The third-order valence-electron chi connectivity index (χ3n) is 5.18. The number of benzene rings is 2. The average molecular weight is 516 g/mol. The smallest absolute Gasteiger partial charge is 0.421 e. The van der Waals surface area contributed by atoms with Crippen LogP contribution < -0.4 is 4.90 Å². The minimum atomic E-state index is -1.25. The van der Waals surface area contributed by atoms with Crippen molar-refractivity contribution in [3.8, 4) is 0 Å². The highest BCUT2D eigenvalue weighted by Gasteiger charge is 2.66. The molecule has 0 aliphatic carbocycles. The molecular weight excluding hydrogens is 495 g/mol. The summed E-state index contributed by atoms with van der Waals surface area (Å²) >= 11 is 2.08. The van der Waals surface area contributed by atoms with E-state index < -0.39 is 23.1 Å². The van der Waals surface area contributed by atoms with Crippen LogP contribution in [0.3, 0.4) is 0 Å². The monoisotopic (exact) mass is 516 g/mol. The molecule has 2 aromatic rings. The van der Waals surface area contributed by atoms with Crippen molar-refractivity contribution in [3.05, 3.63) is 69.8 Å². The third kappa shape index (κ3) is 3.03. The first kappa shape index (κ1) is 20.6. The normalized spacial score (nSPS) is 21.0. The fourth-order valence-electron chi connectivity index (χ4n) is 3.99. The van der Waals surface area contributed by atoms with Gasteiger partial charge in [-0.2, -0.15) is 0 Å². The topological polar surface area (TPSA) is 66.9 Å². The second-order valence-electron chi connectivity index (χ2n) is 8.26. The predicted molar refractivity (Wildman–Crippen MR) is 122 cm³/mol. The third-order valence-corrected chi connectivity index (χ3v) is 5.77. The van der Waals surface area contributed by atoms with Crippen LogP contribution in [0.4, 0.5) is 10.5 Å². The van der Waals surface area contributed by atoms with Crippen LogP contribution in [0.5, 0.6) is 0 Å². The van der Waals surface area contributed by atoms with Crippen LogP contribution in [0.25, 0.3) is 5.70 Å². The standard InChI is InChI=1S/C23H21IN2O4/c1-22(2,3)30-21(29)25-17-12-8-7-11-16(17)23(20(25)28)13-19(27)26(23)18(14-24)15-9-5-4-6-10-15/h4-12,14H,13H2,1-3H3/b18-14+. The Kier molecular flexibility index (Phi) is 4.96. The summed E-state index contributed by atoms with van der Waals surface area (Å²) in [6.07, 6.45) is -0.737. The first-order valence-electron chi connectivity index (χ1n) is 9.56. The van der Waals surface area contributed by atoms with Gasteiger partial charge in [-0.05, 0) is 32.4 Å². The van der Waals surface area contributed by atoms with E-state index in [-0.39, 0.29) is 12.3 Å². The van der Waals surface area contributed by atoms with E-state index in [4.69, 9.17) is 4.74 Å². The van der Waals surface area contributed by atoms with Gasteiger partial charge in [0.1, 0.15) is 5.60 Å². The number of imide groups is 1. The fourth-order valence-corrected chi connectivity index (χ4v) is 4.63. The van der Waals surface area contributed by atoms with E-state index in [1.165, 1.54) is 4.90 Å². The minimum absolute atomic E-state index is 0.00293. The van der Waals surface area contributed by atoms with Gasteiger partial charge in [0, 0.05) is 9.65 Å². The molecule has 6 nitrogen and oxygen atoms in total. The van der Waals surface area contributed by atoms with Gasteiger partial charge < -0.3 is 4.74 Å². The average Bonchev–Trinajstić information content (AvgIpc) is 2.95. The van der Waals surface area contributed by atoms with Crippen LogP contribution in [-0.2, 0) is 19.9 Å². The number of β-lactam (4-membered cyclic amide) rings is 1. The Hall–Kier alpha value is -2.68. The van der Waals surface area contributed by atoms with Gasteiger partial charge in [0.2, 0.25) is 5.91 Å². The van der Waals surface area contributed by atoms with Crippen LogP contribution in [-0.4, -0.2) is 28.4 Å².